The number of benzene rings is 2. The van der Waals surface area contributed by atoms with Gasteiger partial charge in [-0.1, -0.05) is 18.2 Å². The maximum absolute atomic E-state index is 4.54. The third-order valence-corrected chi connectivity index (χ3v) is 3.77. The Hall–Kier alpha value is -1.82. The van der Waals surface area contributed by atoms with Crippen LogP contribution in [0.15, 0.2) is 42.5 Å². The molecule has 20 heavy (non-hydrogen) atoms. The van der Waals surface area contributed by atoms with Crippen molar-refractivity contribution in [2.75, 3.05) is 12.4 Å². The molecule has 0 aliphatic rings. The smallest absolute Gasteiger partial charge is 0.131 e. The van der Waals surface area contributed by atoms with Gasteiger partial charge in [0, 0.05) is 16.3 Å². The van der Waals surface area contributed by atoms with Gasteiger partial charge in [0.25, 0.3) is 0 Å². The number of nitrogens with one attached hydrogen (secondary N) is 2. The van der Waals surface area contributed by atoms with E-state index in [0.717, 1.165) is 28.1 Å². The summed E-state index contributed by atoms with van der Waals surface area (Å²) in [6.45, 7) is 0. The lowest BCUT2D eigenvalue weighted by Gasteiger charge is -1.98. The van der Waals surface area contributed by atoms with E-state index >= 15 is 0 Å². The van der Waals surface area contributed by atoms with Crippen molar-refractivity contribution < 1.29 is 0 Å². The molecule has 100 valence electrons. The fraction of sp³-hybridized carbons (Fsp3) is 0.0625. The van der Waals surface area contributed by atoms with Crippen LogP contribution in [0.25, 0.3) is 23.2 Å². The van der Waals surface area contributed by atoms with E-state index < -0.39 is 0 Å². The second-order valence-electron chi connectivity index (χ2n) is 4.49. The Morgan fingerprint density at radius 2 is 1.90 bits per heavy atom. The van der Waals surface area contributed by atoms with Gasteiger partial charge < -0.3 is 10.3 Å². The average molecular weight is 373 g/mol. The first-order valence-electron chi connectivity index (χ1n) is 6.36. The van der Waals surface area contributed by atoms with Crippen LogP contribution in [0.3, 0.4) is 0 Å². The maximum Gasteiger partial charge on any atom is 0.131 e. The highest BCUT2D eigenvalue weighted by Crippen LogP contribution is 2.17. The summed E-state index contributed by atoms with van der Waals surface area (Å²) in [4.78, 5) is 7.86. The number of fused-ring (bicyclic) bond motifs is 1. The van der Waals surface area contributed by atoms with E-state index in [-0.39, 0.29) is 0 Å². The minimum Gasteiger partial charge on any atom is -0.388 e. The Morgan fingerprint density at radius 3 is 2.65 bits per heavy atom. The fourth-order valence-electron chi connectivity index (χ4n) is 2.02. The minimum absolute atomic E-state index is 0.875. The highest BCUT2D eigenvalue weighted by molar-refractivity contribution is 14.1. The van der Waals surface area contributed by atoms with Gasteiger partial charge in [0.15, 0.2) is 0 Å². The molecule has 0 saturated carbocycles. The summed E-state index contributed by atoms with van der Waals surface area (Å²) in [6.07, 6.45) is 4.06. The van der Waals surface area contributed by atoms with Crippen LogP contribution in [0.1, 0.15) is 11.4 Å². The topological polar surface area (TPSA) is 40.7 Å². The molecule has 0 fully saturated rings. The van der Waals surface area contributed by atoms with Gasteiger partial charge in [-0.2, -0.15) is 0 Å². The number of anilines is 1. The van der Waals surface area contributed by atoms with Crippen molar-refractivity contribution in [2.45, 2.75) is 0 Å². The molecular formula is C16H14IN3. The Morgan fingerprint density at radius 1 is 1.10 bits per heavy atom. The first-order chi connectivity index (χ1) is 9.74. The number of hydrogen-bond donors (Lipinski definition) is 2. The largest absolute Gasteiger partial charge is 0.388 e. The second kappa shape index (κ2) is 5.66. The molecule has 0 spiro atoms. The molecule has 0 bridgehead atoms. The van der Waals surface area contributed by atoms with Crippen molar-refractivity contribution in [1.29, 1.82) is 0 Å². The molecule has 1 aromatic heterocycles. The summed E-state index contributed by atoms with van der Waals surface area (Å²) in [6, 6.07) is 14.5. The summed E-state index contributed by atoms with van der Waals surface area (Å²) in [7, 11) is 1.92. The van der Waals surface area contributed by atoms with E-state index in [4.69, 9.17) is 0 Å². The van der Waals surface area contributed by atoms with Crippen LogP contribution in [0.4, 0.5) is 5.69 Å². The Kier molecular flexibility index (Phi) is 3.73. The zero-order valence-corrected chi connectivity index (χ0v) is 13.2. The number of H-pyrrole nitrogens is 1. The van der Waals surface area contributed by atoms with Gasteiger partial charge in [-0.05, 0) is 64.6 Å². The quantitative estimate of drug-likeness (QED) is 0.669. The number of rotatable bonds is 3. The Labute approximate surface area is 131 Å². The minimum atomic E-state index is 0.875. The van der Waals surface area contributed by atoms with Crippen LogP contribution in [-0.2, 0) is 0 Å². The van der Waals surface area contributed by atoms with Crippen molar-refractivity contribution in [2.24, 2.45) is 0 Å². The summed E-state index contributed by atoms with van der Waals surface area (Å²) in [5.74, 6) is 0.875. The number of aromatic amines is 1. The molecule has 3 rings (SSSR count). The Balaban J connectivity index is 1.85. The fourth-order valence-corrected chi connectivity index (χ4v) is 2.51. The first kappa shape index (κ1) is 13.2. The third kappa shape index (κ3) is 2.85. The normalized spacial score (nSPS) is 11.3. The van der Waals surface area contributed by atoms with Crippen molar-refractivity contribution in [3.8, 4) is 0 Å². The molecule has 3 nitrogen and oxygen atoms in total. The molecule has 0 saturated heterocycles. The number of aromatic nitrogens is 2. The predicted molar refractivity (Wildman–Crippen MR) is 93.7 cm³/mol. The van der Waals surface area contributed by atoms with Crippen LogP contribution in [0.5, 0.6) is 0 Å². The molecule has 0 atom stereocenters. The van der Waals surface area contributed by atoms with E-state index in [1.54, 1.807) is 0 Å². The summed E-state index contributed by atoms with van der Waals surface area (Å²) >= 11 is 2.30. The summed E-state index contributed by atoms with van der Waals surface area (Å²) in [5, 5.41) is 3.11. The highest BCUT2D eigenvalue weighted by atomic mass is 125. The van der Waals surface area contributed by atoms with E-state index in [9.17, 15) is 0 Å². The van der Waals surface area contributed by atoms with E-state index in [1.807, 2.05) is 19.2 Å². The van der Waals surface area contributed by atoms with Crippen LogP contribution < -0.4 is 5.32 Å². The number of nitrogens with zero attached hydrogens (tertiary/aromatic N) is 1. The van der Waals surface area contributed by atoms with E-state index in [2.05, 4.69) is 80.3 Å². The molecule has 3 aromatic rings. The number of halogens is 1. The SMILES string of the molecule is CNc1ccc(/C=C/c2nc3ccc([125I])cc3[nH]2)cc1. The van der Waals surface area contributed by atoms with Gasteiger partial charge in [-0.3, -0.25) is 0 Å². The molecule has 1 heterocycles. The summed E-state index contributed by atoms with van der Waals surface area (Å²) in [5.41, 5.74) is 4.33. The van der Waals surface area contributed by atoms with Crippen LogP contribution >= 0.6 is 22.6 Å². The lowest BCUT2D eigenvalue weighted by Crippen LogP contribution is -1.86. The molecule has 0 unspecified atom stereocenters. The number of imidazole rings is 1. The average Bonchev–Trinajstić information content (AvgIpc) is 2.87. The number of hydrogen-bond acceptors (Lipinski definition) is 2. The lowest BCUT2D eigenvalue weighted by atomic mass is 10.2. The van der Waals surface area contributed by atoms with E-state index in [1.165, 1.54) is 3.57 Å². The standard InChI is InChI=1S/C16H14IN3/c1-18-13-6-2-11(3-7-13)4-9-16-19-14-8-5-12(17)10-15(14)20-16/h2-10,18H,1H3,(H,19,20)/b9-4+/i17-2. The zero-order valence-electron chi connectivity index (χ0n) is 11.0. The van der Waals surface area contributed by atoms with Gasteiger partial charge in [0.2, 0.25) is 0 Å². The Bertz CT molecular complexity index is 757. The predicted octanol–water partition coefficient (Wildman–Crippen LogP) is 4.38. The zero-order chi connectivity index (χ0) is 13.9. The third-order valence-electron chi connectivity index (χ3n) is 3.10. The van der Waals surface area contributed by atoms with Crippen molar-refractivity contribution in [1.82, 2.24) is 9.97 Å². The molecule has 4 heteroatoms. The van der Waals surface area contributed by atoms with Crippen LogP contribution in [0, 0.1) is 3.57 Å². The van der Waals surface area contributed by atoms with Crippen molar-refractivity contribution >= 4 is 51.5 Å². The van der Waals surface area contributed by atoms with Gasteiger partial charge in [0.1, 0.15) is 5.82 Å². The second-order valence-corrected chi connectivity index (χ2v) is 5.73. The molecule has 2 aromatic carbocycles. The monoisotopic (exact) mass is 373 g/mol. The highest BCUT2D eigenvalue weighted by Gasteiger charge is 2.00. The first-order valence-corrected chi connectivity index (χ1v) is 7.44. The van der Waals surface area contributed by atoms with Crippen LogP contribution in [-0.4, -0.2) is 17.0 Å². The van der Waals surface area contributed by atoms with Gasteiger partial charge in [-0.15, -0.1) is 0 Å². The van der Waals surface area contributed by atoms with Gasteiger partial charge in [-0.25, -0.2) is 4.98 Å². The van der Waals surface area contributed by atoms with Gasteiger partial charge >= 0.3 is 0 Å². The molecule has 2 N–H and O–H groups in total. The molecular weight excluding hydrogens is 359 g/mol. The molecule has 0 amide bonds. The van der Waals surface area contributed by atoms with E-state index in [0.29, 0.717) is 0 Å². The maximum atomic E-state index is 4.54. The molecule has 0 radical (unpaired) electrons. The van der Waals surface area contributed by atoms with Gasteiger partial charge in [0.05, 0.1) is 11.0 Å². The van der Waals surface area contributed by atoms with Crippen LogP contribution in [0.2, 0.25) is 0 Å². The lowest BCUT2D eigenvalue weighted by molar-refractivity contribution is 1.29. The summed E-state index contributed by atoms with van der Waals surface area (Å²) < 4.78 is 1.21. The molecule has 0 aliphatic heterocycles. The van der Waals surface area contributed by atoms with Crippen molar-refractivity contribution in [3.63, 3.8) is 0 Å². The molecule has 0 aliphatic carbocycles. The van der Waals surface area contributed by atoms with Crippen molar-refractivity contribution in [3.05, 3.63) is 57.4 Å².